The first kappa shape index (κ1) is 22.3. The SMILES string of the molecule is CC1(C)CCS(=O)(=O)c2c1ccc(C(=O)C1=C(Sc3ccccc3)CCCC1=O)c2Cl. The molecule has 0 bridgehead atoms. The Kier molecular flexibility index (Phi) is 5.92. The molecule has 0 aromatic heterocycles. The van der Waals surface area contributed by atoms with E-state index in [4.69, 9.17) is 11.6 Å². The number of Topliss-reactive ketones (excluding diaryl/α,β-unsaturated/α-hetero) is 2. The molecule has 1 aliphatic heterocycles. The third-order valence-electron chi connectivity index (χ3n) is 5.95. The molecule has 2 aromatic rings. The summed E-state index contributed by atoms with van der Waals surface area (Å²) in [5.74, 6) is -0.720. The molecule has 2 aliphatic rings. The first-order valence-corrected chi connectivity index (χ1v) is 13.1. The van der Waals surface area contributed by atoms with Crippen molar-refractivity contribution >= 4 is 44.8 Å². The van der Waals surface area contributed by atoms with Gasteiger partial charge < -0.3 is 0 Å². The van der Waals surface area contributed by atoms with E-state index in [9.17, 15) is 18.0 Å². The Hall–Kier alpha value is -1.89. The van der Waals surface area contributed by atoms with Gasteiger partial charge in [-0.1, -0.05) is 61.5 Å². The molecule has 0 radical (unpaired) electrons. The molecule has 2 aromatic carbocycles. The molecule has 0 saturated carbocycles. The van der Waals surface area contributed by atoms with Crippen LogP contribution in [0.25, 0.3) is 0 Å². The Labute approximate surface area is 192 Å². The van der Waals surface area contributed by atoms with Crippen LogP contribution in [-0.2, 0) is 20.0 Å². The van der Waals surface area contributed by atoms with Crippen LogP contribution in [0.15, 0.2) is 62.7 Å². The van der Waals surface area contributed by atoms with Crippen LogP contribution in [-0.4, -0.2) is 25.7 Å². The van der Waals surface area contributed by atoms with Gasteiger partial charge in [-0.05, 0) is 48.4 Å². The van der Waals surface area contributed by atoms with E-state index >= 15 is 0 Å². The van der Waals surface area contributed by atoms with Crippen LogP contribution in [0.3, 0.4) is 0 Å². The minimum atomic E-state index is -3.60. The van der Waals surface area contributed by atoms with E-state index in [2.05, 4.69) is 0 Å². The van der Waals surface area contributed by atoms with Gasteiger partial charge in [0.25, 0.3) is 0 Å². The zero-order valence-corrected chi connectivity index (χ0v) is 19.8. The predicted octanol–water partition coefficient (Wildman–Crippen LogP) is 5.78. The summed E-state index contributed by atoms with van der Waals surface area (Å²) in [6, 6.07) is 12.8. The van der Waals surface area contributed by atoms with Crippen LogP contribution in [0.1, 0.15) is 55.5 Å². The first-order chi connectivity index (χ1) is 14.6. The number of carbonyl (C=O) groups is 2. The van der Waals surface area contributed by atoms with Gasteiger partial charge in [0.15, 0.2) is 21.4 Å². The van der Waals surface area contributed by atoms with E-state index < -0.39 is 15.6 Å². The maximum absolute atomic E-state index is 13.5. The van der Waals surface area contributed by atoms with Gasteiger partial charge in [-0.3, -0.25) is 9.59 Å². The van der Waals surface area contributed by atoms with Gasteiger partial charge in [0.05, 0.1) is 21.2 Å². The number of halogens is 1. The summed E-state index contributed by atoms with van der Waals surface area (Å²) in [6.45, 7) is 3.94. The maximum atomic E-state index is 13.5. The summed E-state index contributed by atoms with van der Waals surface area (Å²) in [7, 11) is -3.60. The molecule has 162 valence electrons. The zero-order chi connectivity index (χ0) is 22.4. The van der Waals surface area contributed by atoms with Gasteiger partial charge >= 0.3 is 0 Å². The lowest BCUT2D eigenvalue weighted by Gasteiger charge is -2.33. The van der Waals surface area contributed by atoms with Crippen molar-refractivity contribution < 1.29 is 18.0 Å². The highest BCUT2D eigenvalue weighted by molar-refractivity contribution is 8.03. The zero-order valence-electron chi connectivity index (χ0n) is 17.4. The molecule has 4 rings (SSSR count). The van der Waals surface area contributed by atoms with Crippen LogP contribution in [0, 0.1) is 0 Å². The second-order valence-electron chi connectivity index (χ2n) is 8.58. The number of fused-ring (bicyclic) bond motifs is 1. The molecule has 0 fully saturated rings. The predicted molar refractivity (Wildman–Crippen MR) is 124 cm³/mol. The van der Waals surface area contributed by atoms with Gasteiger partial charge in [0.1, 0.15) is 0 Å². The van der Waals surface area contributed by atoms with Gasteiger partial charge in [0.2, 0.25) is 0 Å². The fraction of sp³-hybridized carbons (Fsp3) is 0.333. The molecule has 0 atom stereocenters. The number of allylic oxidation sites excluding steroid dienone is 2. The number of rotatable bonds is 4. The number of hydrogen-bond donors (Lipinski definition) is 0. The van der Waals surface area contributed by atoms with Gasteiger partial charge in [-0.15, -0.1) is 0 Å². The van der Waals surface area contributed by atoms with Crippen molar-refractivity contribution in [3.63, 3.8) is 0 Å². The van der Waals surface area contributed by atoms with Crippen LogP contribution in [0.5, 0.6) is 0 Å². The number of sulfone groups is 1. The van der Waals surface area contributed by atoms with Gasteiger partial charge in [0, 0.05) is 21.8 Å². The first-order valence-electron chi connectivity index (χ1n) is 10.2. The van der Waals surface area contributed by atoms with Crippen LogP contribution in [0.4, 0.5) is 0 Å². The standard InChI is InChI=1S/C24H23ClO4S2/c1-24(2)13-14-31(28,29)23-17(24)12-11-16(21(23)25)22(27)20-18(26)9-6-10-19(20)30-15-7-4-3-5-8-15/h3-5,7-8,11-12H,6,9-10,13-14H2,1-2H3. The van der Waals surface area contributed by atoms with E-state index in [1.165, 1.54) is 11.8 Å². The van der Waals surface area contributed by atoms with E-state index in [0.29, 0.717) is 36.2 Å². The Balaban J connectivity index is 1.84. The maximum Gasteiger partial charge on any atom is 0.198 e. The average molecular weight is 475 g/mol. The summed E-state index contributed by atoms with van der Waals surface area (Å²) in [6.07, 6.45) is 2.10. The van der Waals surface area contributed by atoms with Crippen LogP contribution < -0.4 is 0 Å². The van der Waals surface area contributed by atoms with Crippen molar-refractivity contribution in [2.75, 3.05) is 5.75 Å². The monoisotopic (exact) mass is 474 g/mol. The van der Waals surface area contributed by atoms with E-state index in [1.54, 1.807) is 12.1 Å². The van der Waals surface area contributed by atoms with Crippen LogP contribution >= 0.6 is 23.4 Å². The summed E-state index contributed by atoms with van der Waals surface area (Å²) < 4.78 is 25.6. The largest absolute Gasteiger partial charge is 0.294 e. The molecule has 31 heavy (non-hydrogen) atoms. The van der Waals surface area contributed by atoms with Gasteiger partial charge in [-0.25, -0.2) is 8.42 Å². The topological polar surface area (TPSA) is 68.3 Å². The van der Waals surface area contributed by atoms with Crippen molar-refractivity contribution in [2.45, 2.75) is 54.7 Å². The smallest absolute Gasteiger partial charge is 0.198 e. The Morgan fingerprint density at radius 1 is 1.06 bits per heavy atom. The number of ketones is 2. The quantitative estimate of drug-likeness (QED) is 0.415. The molecule has 0 saturated heterocycles. The summed E-state index contributed by atoms with van der Waals surface area (Å²) >= 11 is 7.98. The van der Waals surface area contributed by atoms with E-state index in [1.807, 2.05) is 44.2 Å². The number of thioether (sulfide) groups is 1. The molecular weight excluding hydrogens is 452 g/mol. The lowest BCUT2D eigenvalue weighted by molar-refractivity contribution is -0.115. The highest BCUT2D eigenvalue weighted by atomic mass is 35.5. The van der Waals surface area contributed by atoms with Crippen molar-refractivity contribution in [2.24, 2.45) is 0 Å². The summed E-state index contributed by atoms with van der Waals surface area (Å²) in [5, 5.41) is -0.0646. The minimum Gasteiger partial charge on any atom is -0.294 e. The number of hydrogen-bond acceptors (Lipinski definition) is 5. The Morgan fingerprint density at radius 3 is 2.48 bits per heavy atom. The molecule has 0 spiro atoms. The second kappa shape index (κ2) is 8.23. The highest BCUT2D eigenvalue weighted by Gasteiger charge is 2.39. The third-order valence-corrected chi connectivity index (χ3v) is 9.41. The third kappa shape index (κ3) is 4.13. The number of carbonyl (C=O) groups excluding carboxylic acids is 2. The van der Waals surface area contributed by atoms with Crippen molar-refractivity contribution in [1.29, 1.82) is 0 Å². The van der Waals surface area contributed by atoms with Crippen molar-refractivity contribution in [1.82, 2.24) is 0 Å². The molecule has 7 heteroatoms. The summed E-state index contributed by atoms with van der Waals surface area (Å²) in [4.78, 5) is 28.0. The lowest BCUT2D eigenvalue weighted by Crippen LogP contribution is -2.31. The fourth-order valence-corrected chi connectivity index (χ4v) is 7.91. The van der Waals surface area contributed by atoms with Crippen molar-refractivity contribution in [3.05, 3.63) is 69.1 Å². The van der Waals surface area contributed by atoms with E-state index in [0.717, 1.165) is 4.90 Å². The second-order valence-corrected chi connectivity index (χ2v) is 12.2. The van der Waals surface area contributed by atoms with E-state index in [-0.39, 0.29) is 38.0 Å². The molecule has 4 nitrogen and oxygen atoms in total. The van der Waals surface area contributed by atoms with Crippen LogP contribution in [0.2, 0.25) is 5.02 Å². The minimum absolute atomic E-state index is 0.0128. The molecule has 0 unspecified atom stereocenters. The molecule has 1 aliphatic carbocycles. The summed E-state index contributed by atoms with van der Waals surface area (Å²) in [5.41, 5.74) is 0.482. The normalized spacial score (nSPS) is 19.8. The Morgan fingerprint density at radius 2 is 1.77 bits per heavy atom. The molecule has 1 heterocycles. The average Bonchev–Trinajstić information content (AvgIpc) is 2.72. The lowest BCUT2D eigenvalue weighted by atomic mass is 9.81. The molecular formula is C24H23ClO4S2. The number of benzene rings is 2. The van der Waals surface area contributed by atoms with Gasteiger partial charge in [-0.2, -0.15) is 0 Å². The fourth-order valence-electron chi connectivity index (χ4n) is 4.13. The molecule has 0 amide bonds. The molecule has 0 N–H and O–H groups in total. The van der Waals surface area contributed by atoms with Crippen molar-refractivity contribution in [3.8, 4) is 0 Å². The highest BCUT2D eigenvalue weighted by Crippen LogP contribution is 2.44. The Bertz CT molecular complexity index is 1210.